The van der Waals surface area contributed by atoms with Crippen LogP contribution in [0.25, 0.3) is 0 Å². The lowest BCUT2D eigenvalue weighted by Crippen LogP contribution is -2.26. The summed E-state index contributed by atoms with van der Waals surface area (Å²) in [5, 5.41) is 11.6. The molecule has 2 aromatic carbocycles. The third-order valence-electron chi connectivity index (χ3n) is 4.05. The summed E-state index contributed by atoms with van der Waals surface area (Å²) in [5.41, 5.74) is 1.08. The first kappa shape index (κ1) is 16.3. The van der Waals surface area contributed by atoms with Gasteiger partial charge in [0.15, 0.2) is 0 Å². The number of para-hydroxylation sites is 1. The minimum atomic E-state index is -0.877. The summed E-state index contributed by atoms with van der Waals surface area (Å²) in [6.07, 6.45) is 0. The first-order valence-corrected chi connectivity index (χ1v) is 7.65. The Bertz CT molecular complexity index is 807. The van der Waals surface area contributed by atoms with Gasteiger partial charge < -0.3 is 9.47 Å². The molecule has 0 N–H and O–H groups in total. The van der Waals surface area contributed by atoms with Gasteiger partial charge in [-0.3, -0.25) is 14.9 Å². The highest BCUT2D eigenvalue weighted by Gasteiger charge is 2.41. The predicted molar refractivity (Wildman–Crippen MR) is 87.3 cm³/mol. The number of nitrogens with zero attached hydrogens (tertiary/aromatic N) is 1. The monoisotopic (exact) mass is 347 g/mol. The van der Waals surface area contributed by atoms with Crippen molar-refractivity contribution in [1.29, 1.82) is 0 Å². The Morgan fingerprint density at radius 3 is 2.67 bits per heavy atom. The van der Waals surface area contributed by atoms with Crippen LogP contribution in [0.5, 0.6) is 11.5 Å². The molecule has 7 heteroatoms. The summed E-state index contributed by atoms with van der Waals surface area (Å²) in [5.74, 6) is -1.24. The largest absolute Gasteiger partial charge is 0.469 e. The molecule has 0 saturated heterocycles. The van der Waals surface area contributed by atoms with Crippen LogP contribution in [-0.2, 0) is 9.53 Å². The molecule has 0 saturated carbocycles. The number of carbonyl (C=O) groups is 1. The van der Waals surface area contributed by atoms with Crippen LogP contribution < -0.4 is 4.74 Å². The molecule has 1 aliphatic heterocycles. The van der Waals surface area contributed by atoms with Crippen LogP contribution in [0.3, 0.4) is 0 Å². The zero-order valence-corrected chi connectivity index (χ0v) is 13.5. The van der Waals surface area contributed by atoms with E-state index in [1.54, 1.807) is 42.5 Å². The van der Waals surface area contributed by atoms with E-state index in [9.17, 15) is 14.9 Å². The second-order valence-corrected chi connectivity index (χ2v) is 5.88. The molecule has 0 spiro atoms. The molecule has 1 heterocycles. The van der Waals surface area contributed by atoms with E-state index in [0.29, 0.717) is 27.6 Å². The van der Waals surface area contributed by atoms with Crippen molar-refractivity contribution in [2.45, 2.75) is 11.8 Å². The Hall–Kier alpha value is -2.60. The second-order valence-electron chi connectivity index (χ2n) is 5.44. The molecule has 3 rings (SSSR count). The van der Waals surface area contributed by atoms with Crippen LogP contribution in [0.1, 0.15) is 23.0 Å². The molecular weight excluding hydrogens is 334 g/mol. The number of hydrogen-bond donors (Lipinski definition) is 0. The molecule has 2 aromatic rings. The Balaban J connectivity index is 2.26. The van der Waals surface area contributed by atoms with Gasteiger partial charge in [-0.1, -0.05) is 29.8 Å². The van der Waals surface area contributed by atoms with Crippen LogP contribution >= 0.6 is 11.6 Å². The van der Waals surface area contributed by atoms with Gasteiger partial charge in [0.1, 0.15) is 11.5 Å². The number of esters is 1. The highest BCUT2D eigenvalue weighted by molar-refractivity contribution is 6.30. The van der Waals surface area contributed by atoms with Crippen molar-refractivity contribution in [2.75, 3.05) is 13.7 Å². The SMILES string of the molecule is COC(=O)C1c2cc(Cl)ccc2Oc2ccccc2[C@@H]1C[N+](=O)[O-]. The average molecular weight is 348 g/mol. The third kappa shape index (κ3) is 2.92. The number of carbonyl (C=O) groups excluding carboxylic acids is 1. The molecule has 0 aromatic heterocycles. The summed E-state index contributed by atoms with van der Waals surface area (Å²) in [6, 6.07) is 11.9. The smallest absolute Gasteiger partial charge is 0.314 e. The van der Waals surface area contributed by atoms with Crippen molar-refractivity contribution in [3.8, 4) is 11.5 Å². The van der Waals surface area contributed by atoms with Gasteiger partial charge in [0, 0.05) is 21.1 Å². The standard InChI is InChI=1S/C17H14ClNO5/c1-23-17(20)16-12-8-10(18)6-7-15(12)24-14-5-3-2-4-11(14)13(16)9-19(21)22/h2-8,13,16H,9H2,1H3/t13-,16?/m0/s1. The minimum absolute atomic E-state index is 0.414. The van der Waals surface area contributed by atoms with Crippen molar-refractivity contribution in [3.05, 3.63) is 68.7 Å². The number of hydrogen-bond acceptors (Lipinski definition) is 5. The highest BCUT2D eigenvalue weighted by Crippen LogP contribution is 2.47. The Kier molecular flexibility index (Phi) is 4.40. The molecule has 6 nitrogen and oxygen atoms in total. The molecule has 2 atom stereocenters. The Labute approximate surface area is 143 Å². The molecule has 124 valence electrons. The number of halogens is 1. The Morgan fingerprint density at radius 2 is 1.96 bits per heavy atom. The molecule has 0 bridgehead atoms. The zero-order chi connectivity index (χ0) is 17.3. The van der Waals surface area contributed by atoms with E-state index in [1.165, 1.54) is 7.11 Å². The molecule has 0 fully saturated rings. The summed E-state index contributed by atoms with van der Waals surface area (Å²) in [6.45, 7) is -0.425. The summed E-state index contributed by atoms with van der Waals surface area (Å²) < 4.78 is 10.8. The minimum Gasteiger partial charge on any atom is -0.469 e. The molecule has 24 heavy (non-hydrogen) atoms. The van der Waals surface area contributed by atoms with Gasteiger partial charge in [0.25, 0.3) is 0 Å². The fraction of sp³-hybridized carbons (Fsp3) is 0.235. The highest BCUT2D eigenvalue weighted by atomic mass is 35.5. The van der Waals surface area contributed by atoms with E-state index in [1.807, 2.05) is 0 Å². The first-order valence-electron chi connectivity index (χ1n) is 7.27. The summed E-state index contributed by atoms with van der Waals surface area (Å²) in [7, 11) is 1.26. The van der Waals surface area contributed by atoms with Gasteiger partial charge in [-0.2, -0.15) is 0 Å². The lowest BCUT2D eigenvalue weighted by Gasteiger charge is -2.21. The lowest BCUT2D eigenvalue weighted by molar-refractivity contribution is -0.483. The van der Waals surface area contributed by atoms with Crippen molar-refractivity contribution in [2.24, 2.45) is 0 Å². The maximum absolute atomic E-state index is 12.5. The van der Waals surface area contributed by atoms with Gasteiger partial charge in [-0.25, -0.2) is 0 Å². The molecular formula is C17H14ClNO5. The van der Waals surface area contributed by atoms with Gasteiger partial charge in [-0.05, 0) is 24.3 Å². The normalized spacial score (nSPS) is 18.6. The van der Waals surface area contributed by atoms with Gasteiger partial charge >= 0.3 is 5.97 Å². The molecule has 0 amide bonds. The van der Waals surface area contributed by atoms with Crippen LogP contribution in [-0.4, -0.2) is 24.5 Å². The fourth-order valence-electron chi connectivity index (χ4n) is 3.03. The number of ether oxygens (including phenoxy) is 2. The third-order valence-corrected chi connectivity index (χ3v) is 4.28. The van der Waals surface area contributed by atoms with E-state index in [-0.39, 0.29) is 0 Å². The van der Waals surface area contributed by atoms with Crippen LogP contribution in [0.4, 0.5) is 0 Å². The number of rotatable bonds is 3. The number of benzene rings is 2. The topological polar surface area (TPSA) is 78.7 Å². The molecule has 0 radical (unpaired) electrons. The first-order chi connectivity index (χ1) is 11.5. The van der Waals surface area contributed by atoms with E-state index >= 15 is 0 Å². The quantitative estimate of drug-likeness (QED) is 0.480. The second kappa shape index (κ2) is 6.49. The van der Waals surface area contributed by atoms with E-state index in [0.717, 1.165) is 0 Å². The van der Waals surface area contributed by atoms with E-state index < -0.39 is 29.3 Å². The maximum atomic E-state index is 12.5. The number of methoxy groups -OCH3 is 1. The van der Waals surface area contributed by atoms with Crippen molar-refractivity contribution < 1.29 is 19.2 Å². The summed E-state index contributed by atoms with van der Waals surface area (Å²) in [4.78, 5) is 23.2. The van der Waals surface area contributed by atoms with E-state index in [4.69, 9.17) is 21.1 Å². The van der Waals surface area contributed by atoms with Crippen LogP contribution in [0.2, 0.25) is 5.02 Å². The maximum Gasteiger partial charge on any atom is 0.314 e. The van der Waals surface area contributed by atoms with Crippen molar-refractivity contribution in [1.82, 2.24) is 0 Å². The predicted octanol–water partition coefficient (Wildman–Crippen LogP) is 3.76. The molecule has 1 unspecified atom stereocenters. The average Bonchev–Trinajstić information content (AvgIpc) is 2.68. The fourth-order valence-corrected chi connectivity index (χ4v) is 3.21. The number of nitro groups is 1. The molecule has 1 aliphatic rings. The summed E-state index contributed by atoms with van der Waals surface area (Å²) >= 11 is 6.07. The number of fused-ring (bicyclic) bond motifs is 2. The zero-order valence-electron chi connectivity index (χ0n) is 12.8. The van der Waals surface area contributed by atoms with Crippen LogP contribution in [0.15, 0.2) is 42.5 Å². The van der Waals surface area contributed by atoms with Gasteiger partial charge in [-0.15, -0.1) is 0 Å². The molecule has 0 aliphatic carbocycles. The van der Waals surface area contributed by atoms with E-state index in [2.05, 4.69) is 0 Å². The van der Waals surface area contributed by atoms with Crippen molar-refractivity contribution >= 4 is 17.6 Å². The van der Waals surface area contributed by atoms with Crippen LogP contribution in [0, 0.1) is 10.1 Å². The van der Waals surface area contributed by atoms with Gasteiger partial charge in [0.05, 0.1) is 18.9 Å². The Morgan fingerprint density at radius 1 is 1.25 bits per heavy atom. The lowest BCUT2D eigenvalue weighted by atomic mass is 9.81. The van der Waals surface area contributed by atoms with Crippen molar-refractivity contribution in [3.63, 3.8) is 0 Å². The van der Waals surface area contributed by atoms with Gasteiger partial charge in [0.2, 0.25) is 6.54 Å².